The molecule has 2 atom stereocenters. The number of amides is 3. The van der Waals surface area contributed by atoms with E-state index in [2.05, 4.69) is 6.92 Å². The SMILES string of the molecule is CCc1cccc(N2C(=O)N(C(=O)c3cccc(Cl)c3)[C@H]3C[C@@]2(C)Oc2ccccc23)c1. The first-order chi connectivity index (χ1) is 15.4. The Hall–Kier alpha value is -3.31. The quantitative estimate of drug-likeness (QED) is 0.479. The molecule has 0 aromatic heterocycles. The van der Waals surface area contributed by atoms with Gasteiger partial charge in [-0.15, -0.1) is 0 Å². The minimum Gasteiger partial charge on any atom is -0.467 e. The summed E-state index contributed by atoms with van der Waals surface area (Å²) in [5.41, 5.74) is 2.09. The van der Waals surface area contributed by atoms with Gasteiger partial charge in [-0.3, -0.25) is 14.6 Å². The second-order valence-electron chi connectivity index (χ2n) is 8.36. The number of ether oxygens (including phenoxy) is 1. The molecule has 5 rings (SSSR count). The van der Waals surface area contributed by atoms with Gasteiger partial charge in [0.25, 0.3) is 5.91 Å². The number of urea groups is 1. The molecule has 162 valence electrons. The number of hydrogen-bond donors (Lipinski definition) is 0. The van der Waals surface area contributed by atoms with Gasteiger partial charge >= 0.3 is 6.03 Å². The number of carbonyl (C=O) groups excluding carboxylic acids is 2. The molecule has 0 unspecified atom stereocenters. The number of benzene rings is 3. The van der Waals surface area contributed by atoms with Crippen molar-refractivity contribution in [1.29, 1.82) is 0 Å². The number of halogens is 1. The number of para-hydroxylation sites is 1. The number of hydrogen-bond acceptors (Lipinski definition) is 3. The highest BCUT2D eigenvalue weighted by molar-refractivity contribution is 6.31. The number of aryl methyl sites for hydroxylation is 1. The van der Waals surface area contributed by atoms with Crippen LogP contribution in [0, 0.1) is 0 Å². The Kier molecular flexibility index (Phi) is 4.94. The standard InChI is InChI=1S/C26H23ClN2O3/c1-3-17-8-6-11-20(14-17)29-25(31)28(24(30)18-9-7-10-19(27)15-18)22-16-26(29,2)32-23-13-5-4-12-21(22)23/h4-15,22H,3,16H2,1-2H3/t22-,26+/m0/s1. The van der Waals surface area contributed by atoms with Crippen molar-refractivity contribution in [3.8, 4) is 5.75 Å². The molecule has 2 bridgehead atoms. The summed E-state index contributed by atoms with van der Waals surface area (Å²) in [6.07, 6.45) is 1.29. The van der Waals surface area contributed by atoms with Crippen LogP contribution in [0.15, 0.2) is 72.8 Å². The third-order valence-electron chi connectivity index (χ3n) is 6.23. The van der Waals surface area contributed by atoms with E-state index < -0.39 is 17.8 Å². The van der Waals surface area contributed by atoms with Crippen LogP contribution in [0.1, 0.15) is 47.8 Å². The lowest BCUT2D eigenvalue weighted by Gasteiger charge is -2.53. The first-order valence-electron chi connectivity index (χ1n) is 10.7. The summed E-state index contributed by atoms with van der Waals surface area (Å²) < 4.78 is 6.40. The molecule has 3 aromatic carbocycles. The molecule has 3 aromatic rings. The summed E-state index contributed by atoms with van der Waals surface area (Å²) >= 11 is 6.14. The molecule has 0 radical (unpaired) electrons. The van der Waals surface area contributed by atoms with Crippen LogP contribution in [-0.2, 0) is 6.42 Å². The van der Waals surface area contributed by atoms with E-state index in [9.17, 15) is 9.59 Å². The Morgan fingerprint density at radius 3 is 2.66 bits per heavy atom. The number of anilines is 1. The van der Waals surface area contributed by atoms with Crippen LogP contribution in [-0.4, -0.2) is 22.6 Å². The van der Waals surface area contributed by atoms with Gasteiger partial charge in [-0.2, -0.15) is 0 Å². The van der Waals surface area contributed by atoms with Gasteiger partial charge in [-0.05, 0) is 55.3 Å². The Morgan fingerprint density at radius 1 is 1.09 bits per heavy atom. The first-order valence-corrected chi connectivity index (χ1v) is 11.1. The van der Waals surface area contributed by atoms with Gasteiger partial charge in [-0.1, -0.05) is 54.9 Å². The predicted octanol–water partition coefficient (Wildman–Crippen LogP) is 6.22. The summed E-state index contributed by atoms with van der Waals surface area (Å²) in [4.78, 5) is 30.6. The number of carbonyl (C=O) groups is 2. The zero-order valence-corrected chi connectivity index (χ0v) is 18.7. The monoisotopic (exact) mass is 446 g/mol. The minimum atomic E-state index is -0.923. The van der Waals surface area contributed by atoms with E-state index in [1.807, 2.05) is 55.5 Å². The van der Waals surface area contributed by atoms with Crippen LogP contribution < -0.4 is 9.64 Å². The fourth-order valence-corrected chi connectivity index (χ4v) is 4.88. The fraction of sp³-hybridized carbons (Fsp3) is 0.231. The Bertz CT molecular complexity index is 1230. The van der Waals surface area contributed by atoms with Crippen LogP contribution in [0.25, 0.3) is 0 Å². The van der Waals surface area contributed by atoms with Crippen molar-refractivity contribution >= 4 is 29.2 Å². The summed E-state index contributed by atoms with van der Waals surface area (Å²) in [7, 11) is 0. The molecular formula is C26H23ClN2O3. The molecule has 2 aliphatic rings. The van der Waals surface area contributed by atoms with Crippen LogP contribution >= 0.6 is 11.6 Å². The van der Waals surface area contributed by atoms with Crippen molar-refractivity contribution in [3.05, 3.63) is 94.5 Å². The molecule has 0 spiro atoms. The molecule has 2 aliphatic heterocycles. The van der Waals surface area contributed by atoms with Crippen molar-refractivity contribution in [3.63, 3.8) is 0 Å². The second kappa shape index (κ2) is 7.68. The molecule has 1 fully saturated rings. The maximum Gasteiger partial charge on any atom is 0.335 e. The molecule has 32 heavy (non-hydrogen) atoms. The third-order valence-corrected chi connectivity index (χ3v) is 6.46. The van der Waals surface area contributed by atoms with Gasteiger partial charge < -0.3 is 4.74 Å². The number of rotatable bonds is 3. The molecule has 0 N–H and O–H groups in total. The molecule has 3 amide bonds. The summed E-state index contributed by atoms with van der Waals surface area (Å²) in [5, 5.41) is 0.449. The van der Waals surface area contributed by atoms with Crippen molar-refractivity contribution in [2.24, 2.45) is 0 Å². The van der Waals surface area contributed by atoms with E-state index in [1.165, 1.54) is 4.90 Å². The summed E-state index contributed by atoms with van der Waals surface area (Å²) in [6, 6.07) is 21.3. The zero-order valence-electron chi connectivity index (χ0n) is 17.9. The summed E-state index contributed by atoms with van der Waals surface area (Å²) in [6.45, 7) is 3.98. The average molecular weight is 447 g/mol. The highest BCUT2D eigenvalue weighted by atomic mass is 35.5. The van der Waals surface area contributed by atoms with E-state index in [1.54, 1.807) is 29.2 Å². The van der Waals surface area contributed by atoms with Gasteiger partial charge in [0.05, 0.1) is 6.04 Å². The molecular weight excluding hydrogens is 424 g/mol. The molecule has 1 saturated heterocycles. The van der Waals surface area contributed by atoms with Gasteiger partial charge in [0, 0.05) is 28.3 Å². The van der Waals surface area contributed by atoms with Crippen LogP contribution in [0.2, 0.25) is 5.02 Å². The van der Waals surface area contributed by atoms with E-state index in [-0.39, 0.29) is 5.91 Å². The molecule has 5 nitrogen and oxygen atoms in total. The van der Waals surface area contributed by atoms with Gasteiger partial charge in [0.1, 0.15) is 5.75 Å². The van der Waals surface area contributed by atoms with Crippen LogP contribution in [0.3, 0.4) is 0 Å². The van der Waals surface area contributed by atoms with E-state index >= 15 is 0 Å². The van der Waals surface area contributed by atoms with Crippen LogP contribution in [0.4, 0.5) is 10.5 Å². The largest absolute Gasteiger partial charge is 0.467 e. The van der Waals surface area contributed by atoms with E-state index in [4.69, 9.17) is 16.3 Å². The van der Waals surface area contributed by atoms with Crippen LogP contribution in [0.5, 0.6) is 5.75 Å². The maximum atomic E-state index is 14.0. The Balaban J connectivity index is 1.67. The second-order valence-corrected chi connectivity index (χ2v) is 8.80. The lowest BCUT2D eigenvalue weighted by Crippen LogP contribution is -2.67. The van der Waals surface area contributed by atoms with Gasteiger partial charge in [-0.25, -0.2) is 4.79 Å². The normalized spacial score (nSPS) is 21.7. The minimum absolute atomic E-state index is 0.376. The number of fused-ring (bicyclic) bond motifs is 4. The average Bonchev–Trinajstić information content (AvgIpc) is 2.78. The van der Waals surface area contributed by atoms with Crippen molar-refractivity contribution in [1.82, 2.24) is 4.90 Å². The highest BCUT2D eigenvalue weighted by Gasteiger charge is 2.55. The Labute approximate surface area is 192 Å². The maximum absolute atomic E-state index is 14.0. The highest BCUT2D eigenvalue weighted by Crippen LogP contribution is 2.49. The lowest BCUT2D eigenvalue weighted by atomic mass is 9.88. The first kappa shape index (κ1) is 20.6. The van der Waals surface area contributed by atoms with Crippen molar-refractivity contribution in [2.45, 2.75) is 38.5 Å². The molecule has 2 heterocycles. The van der Waals surface area contributed by atoms with Crippen molar-refractivity contribution < 1.29 is 14.3 Å². The fourth-order valence-electron chi connectivity index (χ4n) is 4.69. The molecule has 0 aliphatic carbocycles. The lowest BCUT2D eigenvalue weighted by molar-refractivity contribution is 0.00268. The predicted molar refractivity (Wildman–Crippen MR) is 124 cm³/mol. The van der Waals surface area contributed by atoms with Crippen molar-refractivity contribution in [2.75, 3.05) is 4.90 Å². The van der Waals surface area contributed by atoms with E-state index in [0.717, 1.165) is 17.5 Å². The summed E-state index contributed by atoms with van der Waals surface area (Å²) in [5.74, 6) is 0.303. The molecule has 6 heteroatoms. The topological polar surface area (TPSA) is 49.9 Å². The Morgan fingerprint density at radius 2 is 1.88 bits per heavy atom. The molecule has 0 saturated carbocycles. The third kappa shape index (κ3) is 3.24. The van der Waals surface area contributed by atoms with Gasteiger partial charge in [0.2, 0.25) is 0 Å². The number of nitrogens with zero attached hydrogens (tertiary/aromatic N) is 2. The number of imide groups is 1. The van der Waals surface area contributed by atoms with Gasteiger partial charge in [0.15, 0.2) is 5.72 Å². The smallest absolute Gasteiger partial charge is 0.335 e. The zero-order chi connectivity index (χ0) is 22.5. The van der Waals surface area contributed by atoms with E-state index in [0.29, 0.717) is 28.4 Å².